The lowest BCUT2D eigenvalue weighted by Gasteiger charge is -2.23. The number of amides is 1. The highest BCUT2D eigenvalue weighted by atomic mass is 32.1. The number of ether oxygens (including phenoxy) is 3. The first-order chi connectivity index (χ1) is 20.6. The van der Waals surface area contributed by atoms with Crippen LogP contribution in [0.3, 0.4) is 0 Å². The molecular formula is C32H28N2O8S. The molecule has 1 aliphatic heterocycles. The zero-order valence-electron chi connectivity index (χ0n) is 23.8. The number of aliphatic hydroxyl groups excluding tert-OH is 1. The van der Waals surface area contributed by atoms with Crippen molar-refractivity contribution in [2.24, 2.45) is 0 Å². The number of phenolic OH excluding ortho intramolecular Hbond substituents is 1. The van der Waals surface area contributed by atoms with Gasteiger partial charge in [0.1, 0.15) is 23.0 Å². The van der Waals surface area contributed by atoms with E-state index in [1.807, 2.05) is 30.3 Å². The Labute approximate surface area is 251 Å². The molecule has 3 aromatic carbocycles. The molecule has 4 aromatic rings. The predicted molar refractivity (Wildman–Crippen MR) is 160 cm³/mol. The summed E-state index contributed by atoms with van der Waals surface area (Å²) in [6, 6.07) is 17.9. The molecule has 220 valence electrons. The normalized spacial score (nSPS) is 15.9. The molecule has 1 aliphatic rings. The summed E-state index contributed by atoms with van der Waals surface area (Å²) in [4.78, 5) is 45.2. The van der Waals surface area contributed by atoms with Crippen LogP contribution in [-0.2, 0) is 20.9 Å². The summed E-state index contributed by atoms with van der Waals surface area (Å²) in [7, 11) is 2.60. The van der Waals surface area contributed by atoms with Gasteiger partial charge in [0.15, 0.2) is 16.6 Å². The number of anilines is 1. The molecule has 0 spiro atoms. The van der Waals surface area contributed by atoms with E-state index in [1.165, 1.54) is 32.4 Å². The third-order valence-corrected chi connectivity index (χ3v) is 8.16. The van der Waals surface area contributed by atoms with Crippen molar-refractivity contribution < 1.29 is 38.8 Å². The summed E-state index contributed by atoms with van der Waals surface area (Å²) in [6.45, 7) is 3.69. The van der Waals surface area contributed by atoms with Gasteiger partial charge in [0.2, 0.25) is 0 Å². The molecule has 1 amide bonds. The zero-order chi connectivity index (χ0) is 30.8. The van der Waals surface area contributed by atoms with Crippen molar-refractivity contribution in [3.63, 3.8) is 0 Å². The van der Waals surface area contributed by atoms with Crippen LogP contribution in [0.5, 0.6) is 17.2 Å². The number of nitrogens with zero attached hydrogens (tertiary/aromatic N) is 2. The first-order valence-corrected chi connectivity index (χ1v) is 14.0. The summed E-state index contributed by atoms with van der Waals surface area (Å²) in [5, 5.41) is 21.9. The summed E-state index contributed by atoms with van der Waals surface area (Å²) in [5.74, 6) is -2.40. The highest BCUT2D eigenvalue weighted by Gasteiger charge is 2.48. The van der Waals surface area contributed by atoms with E-state index in [-0.39, 0.29) is 27.1 Å². The van der Waals surface area contributed by atoms with Crippen molar-refractivity contribution in [1.29, 1.82) is 0 Å². The van der Waals surface area contributed by atoms with Crippen molar-refractivity contribution in [3.8, 4) is 17.2 Å². The van der Waals surface area contributed by atoms with Crippen LogP contribution in [0.15, 0.2) is 72.3 Å². The van der Waals surface area contributed by atoms with Crippen LogP contribution in [0, 0.1) is 13.8 Å². The lowest BCUT2D eigenvalue weighted by atomic mass is 9.93. The molecule has 2 heterocycles. The number of aryl methyl sites for hydroxylation is 2. The second-order valence-corrected chi connectivity index (χ2v) is 10.7. The molecule has 1 aromatic heterocycles. The minimum Gasteiger partial charge on any atom is -0.507 e. The highest BCUT2D eigenvalue weighted by molar-refractivity contribution is 7.17. The van der Waals surface area contributed by atoms with E-state index in [0.29, 0.717) is 34.7 Å². The molecule has 0 radical (unpaired) electrons. The van der Waals surface area contributed by atoms with Gasteiger partial charge in [-0.15, -0.1) is 0 Å². The molecular weight excluding hydrogens is 572 g/mol. The average Bonchev–Trinajstić information content (AvgIpc) is 3.52. The number of Topliss-reactive ketones (excluding diaryl/α,β-unsaturated/α-hetero) is 1. The predicted octanol–water partition coefficient (Wildman–Crippen LogP) is 5.47. The summed E-state index contributed by atoms with van der Waals surface area (Å²) < 4.78 is 16.0. The second-order valence-electron chi connectivity index (χ2n) is 9.75. The number of methoxy groups -OCH3 is 2. The number of phenols is 1. The van der Waals surface area contributed by atoms with Crippen molar-refractivity contribution in [1.82, 2.24) is 4.98 Å². The SMILES string of the molecule is COC(=O)c1sc(N2C(=O)C(=O)C(=C(O)c3ccc(OCc4ccccc4)cc3C)[C@@H]2c2ccc(O)c(OC)c2)nc1C. The number of hydrogen-bond donors (Lipinski definition) is 2. The minimum atomic E-state index is -1.15. The Kier molecular flexibility index (Phi) is 8.18. The first kappa shape index (κ1) is 29.3. The van der Waals surface area contributed by atoms with Gasteiger partial charge in [-0.05, 0) is 60.9 Å². The Hall–Kier alpha value is -5.16. The Bertz CT molecular complexity index is 1760. The maximum atomic E-state index is 13.6. The van der Waals surface area contributed by atoms with Gasteiger partial charge in [-0.25, -0.2) is 9.78 Å². The number of esters is 1. The second kappa shape index (κ2) is 12.0. The van der Waals surface area contributed by atoms with Crippen molar-refractivity contribution in [3.05, 3.63) is 105 Å². The van der Waals surface area contributed by atoms with E-state index in [9.17, 15) is 24.6 Å². The van der Waals surface area contributed by atoms with Crippen LogP contribution in [-0.4, -0.2) is 47.1 Å². The molecule has 0 saturated carbocycles. The van der Waals surface area contributed by atoms with Gasteiger partial charge in [-0.2, -0.15) is 0 Å². The molecule has 43 heavy (non-hydrogen) atoms. The number of thiazole rings is 1. The molecule has 1 atom stereocenters. The van der Waals surface area contributed by atoms with Crippen LogP contribution in [0.4, 0.5) is 5.13 Å². The van der Waals surface area contributed by atoms with E-state index < -0.39 is 29.5 Å². The molecule has 2 N–H and O–H groups in total. The molecule has 11 heteroatoms. The van der Waals surface area contributed by atoms with E-state index in [0.717, 1.165) is 21.8 Å². The van der Waals surface area contributed by atoms with Gasteiger partial charge in [-0.3, -0.25) is 14.5 Å². The average molecular weight is 601 g/mol. The fourth-order valence-corrected chi connectivity index (χ4v) is 5.87. The molecule has 0 unspecified atom stereocenters. The van der Waals surface area contributed by atoms with Crippen LogP contribution < -0.4 is 14.4 Å². The zero-order valence-corrected chi connectivity index (χ0v) is 24.6. The number of carbonyl (C=O) groups is 3. The van der Waals surface area contributed by atoms with E-state index in [1.54, 1.807) is 32.0 Å². The maximum Gasteiger partial charge on any atom is 0.350 e. The third kappa shape index (κ3) is 5.54. The smallest absolute Gasteiger partial charge is 0.350 e. The molecule has 0 aliphatic carbocycles. The van der Waals surface area contributed by atoms with E-state index in [2.05, 4.69) is 4.98 Å². The topological polar surface area (TPSA) is 135 Å². The number of aliphatic hydroxyl groups is 1. The van der Waals surface area contributed by atoms with E-state index in [4.69, 9.17) is 14.2 Å². The lowest BCUT2D eigenvalue weighted by molar-refractivity contribution is -0.132. The lowest BCUT2D eigenvalue weighted by Crippen LogP contribution is -2.29. The molecule has 0 bridgehead atoms. The third-order valence-electron chi connectivity index (χ3n) is 7.03. The summed E-state index contributed by atoms with van der Waals surface area (Å²) in [5.41, 5.74) is 2.41. The summed E-state index contributed by atoms with van der Waals surface area (Å²) >= 11 is 0.891. The van der Waals surface area contributed by atoms with Gasteiger partial charge in [-0.1, -0.05) is 47.7 Å². The number of benzene rings is 3. The number of carbonyl (C=O) groups excluding carboxylic acids is 3. The maximum absolute atomic E-state index is 13.6. The fourth-order valence-electron chi connectivity index (χ4n) is 4.85. The fraction of sp³-hybridized carbons (Fsp3) is 0.188. The minimum absolute atomic E-state index is 0.0671. The van der Waals surface area contributed by atoms with Crippen LogP contribution in [0.1, 0.15) is 43.7 Å². The standard InChI is InChI=1S/C32H28N2O8S/c1-17-14-21(42-16-19-8-6-5-7-9-19)11-12-22(17)27(36)25-26(20-10-13-23(35)24(15-20)40-3)34(30(38)28(25)37)32-33-18(2)29(43-32)31(39)41-4/h5-15,26,35-36H,16H2,1-4H3/t26-/m0/s1. The van der Waals surface area contributed by atoms with Crippen LogP contribution in [0.25, 0.3) is 5.76 Å². The molecule has 5 rings (SSSR count). The van der Waals surface area contributed by atoms with Crippen LogP contribution in [0.2, 0.25) is 0 Å². The molecule has 10 nitrogen and oxygen atoms in total. The molecule has 1 saturated heterocycles. The molecule has 1 fully saturated rings. The Morgan fingerprint density at radius 1 is 1.02 bits per heavy atom. The van der Waals surface area contributed by atoms with E-state index >= 15 is 0 Å². The first-order valence-electron chi connectivity index (χ1n) is 13.2. The number of aromatic nitrogens is 1. The van der Waals surface area contributed by atoms with Crippen molar-refractivity contribution in [2.45, 2.75) is 26.5 Å². The van der Waals surface area contributed by atoms with Gasteiger partial charge in [0.05, 0.1) is 31.5 Å². The largest absolute Gasteiger partial charge is 0.507 e. The Balaban J connectivity index is 1.61. The number of ketones is 1. The number of rotatable bonds is 8. The number of hydrogen-bond acceptors (Lipinski definition) is 10. The Morgan fingerprint density at radius 2 is 1.77 bits per heavy atom. The number of aromatic hydroxyl groups is 1. The quantitative estimate of drug-likeness (QED) is 0.117. The van der Waals surface area contributed by atoms with Gasteiger partial charge < -0.3 is 24.4 Å². The highest BCUT2D eigenvalue weighted by Crippen LogP contribution is 2.45. The van der Waals surface area contributed by atoms with Gasteiger partial charge in [0.25, 0.3) is 5.78 Å². The summed E-state index contributed by atoms with van der Waals surface area (Å²) in [6.07, 6.45) is 0. The van der Waals surface area contributed by atoms with Crippen molar-refractivity contribution >= 4 is 39.9 Å². The van der Waals surface area contributed by atoms with Gasteiger partial charge >= 0.3 is 11.9 Å². The van der Waals surface area contributed by atoms with Gasteiger partial charge in [0, 0.05) is 5.56 Å². The monoisotopic (exact) mass is 600 g/mol. The van der Waals surface area contributed by atoms with Crippen LogP contribution >= 0.6 is 11.3 Å². The van der Waals surface area contributed by atoms with Crippen molar-refractivity contribution in [2.75, 3.05) is 19.1 Å². The Morgan fingerprint density at radius 3 is 2.44 bits per heavy atom.